The average Bonchev–Trinajstić information content (AvgIpc) is 3.25. The van der Waals surface area contributed by atoms with Crippen molar-refractivity contribution in [3.8, 4) is 0 Å². The highest BCUT2D eigenvalue weighted by atomic mass is 16.3. The van der Waals surface area contributed by atoms with E-state index in [9.17, 15) is 5.11 Å². The summed E-state index contributed by atoms with van der Waals surface area (Å²) in [5.74, 6) is 2.94. The topological polar surface area (TPSA) is 111 Å². The third-order valence-electron chi connectivity index (χ3n) is 4.65. The summed E-state index contributed by atoms with van der Waals surface area (Å²) in [6.07, 6.45) is 0.382. The lowest BCUT2D eigenvalue weighted by Gasteiger charge is -2.21. The molecule has 1 atom stereocenters. The van der Waals surface area contributed by atoms with Gasteiger partial charge in [0.05, 0.1) is 6.10 Å². The highest BCUT2D eigenvalue weighted by molar-refractivity contribution is 5.82. The molecule has 4 rings (SSSR count). The molecule has 10 heteroatoms. The molecule has 1 aliphatic rings. The molecule has 144 valence electrons. The molecule has 10 nitrogen and oxygen atoms in total. The van der Waals surface area contributed by atoms with Crippen molar-refractivity contribution in [2.75, 3.05) is 18.0 Å². The van der Waals surface area contributed by atoms with Crippen molar-refractivity contribution in [1.29, 1.82) is 0 Å². The second kappa shape index (κ2) is 6.22. The van der Waals surface area contributed by atoms with Gasteiger partial charge in [-0.2, -0.15) is 9.90 Å². The fourth-order valence-corrected chi connectivity index (χ4v) is 3.22. The Kier molecular flexibility index (Phi) is 4.10. The normalized spacial score (nSPS) is 18.0. The van der Waals surface area contributed by atoms with Gasteiger partial charge >= 0.3 is 0 Å². The summed E-state index contributed by atoms with van der Waals surface area (Å²) in [5, 5.41) is 23.4. The lowest BCUT2D eigenvalue weighted by molar-refractivity contribution is 0.198. The van der Waals surface area contributed by atoms with Gasteiger partial charge in [0.15, 0.2) is 17.2 Å². The van der Waals surface area contributed by atoms with E-state index in [4.69, 9.17) is 4.98 Å². The Labute approximate surface area is 157 Å². The SMILES string of the molecule is Cc1nc(Cn2nc3nc(C(C)(C)C)nc(N4CCC(O)C4)c3n2)n(C)n1. The number of β-amino-alcohol motifs (C(OH)–C–C–N with tert-alkyl or cyclic N) is 1. The van der Waals surface area contributed by atoms with E-state index in [-0.39, 0.29) is 11.5 Å². The molecule has 0 aromatic carbocycles. The van der Waals surface area contributed by atoms with Crippen LogP contribution in [-0.2, 0) is 19.0 Å². The second-order valence-electron chi connectivity index (χ2n) is 8.11. The molecule has 1 unspecified atom stereocenters. The number of hydrogen-bond donors (Lipinski definition) is 1. The van der Waals surface area contributed by atoms with Gasteiger partial charge in [-0.15, -0.1) is 10.2 Å². The molecule has 0 radical (unpaired) electrons. The summed E-state index contributed by atoms with van der Waals surface area (Å²) in [5.41, 5.74) is 0.993. The van der Waals surface area contributed by atoms with Crippen LogP contribution in [0.3, 0.4) is 0 Å². The highest BCUT2D eigenvalue weighted by Gasteiger charge is 2.28. The number of nitrogens with zero attached hydrogens (tertiary/aromatic N) is 9. The quantitative estimate of drug-likeness (QED) is 0.712. The molecular formula is C17H25N9O. The molecule has 1 N–H and O–H groups in total. The van der Waals surface area contributed by atoms with E-state index in [1.54, 1.807) is 9.48 Å². The third kappa shape index (κ3) is 3.36. The molecule has 27 heavy (non-hydrogen) atoms. The van der Waals surface area contributed by atoms with Crippen molar-refractivity contribution in [3.05, 3.63) is 17.5 Å². The summed E-state index contributed by atoms with van der Waals surface area (Å²) in [4.78, 5) is 17.5. The Morgan fingerprint density at radius 1 is 1.11 bits per heavy atom. The number of rotatable bonds is 3. The van der Waals surface area contributed by atoms with Crippen LogP contribution in [0.25, 0.3) is 11.2 Å². The molecule has 3 aromatic rings. The van der Waals surface area contributed by atoms with Gasteiger partial charge in [-0.1, -0.05) is 20.8 Å². The molecule has 0 bridgehead atoms. The van der Waals surface area contributed by atoms with Crippen LogP contribution in [0.2, 0.25) is 0 Å². The maximum atomic E-state index is 9.95. The first kappa shape index (κ1) is 17.8. The monoisotopic (exact) mass is 371 g/mol. The Balaban J connectivity index is 1.79. The molecule has 1 aliphatic heterocycles. The predicted molar refractivity (Wildman–Crippen MR) is 99.5 cm³/mol. The predicted octanol–water partition coefficient (Wildman–Crippen LogP) is 0.575. The fourth-order valence-electron chi connectivity index (χ4n) is 3.22. The highest BCUT2D eigenvalue weighted by Crippen LogP contribution is 2.28. The van der Waals surface area contributed by atoms with Crippen LogP contribution in [-0.4, -0.2) is 64.0 Å². The van der Waals surface area contributed by atoms with E-state index < -0.39 is 0 Å². The van der Waals surface area contributed by atoms with Crippen LogP contribution in [0, 0.1) is 6.92 Å². The molecule has 0 aliphatic carbocycles. The number of aliphatic hydroxyl groups excluding tert-OH is 1. The van der Waals surface area contributed by atoms with Crippen LogP contribution >= 0.6 is 0 Å². The largest absolute Gasteiger partial charge is 0.391 e. The first-order valence-corrected chi connectivity index (χ1v) is 9.13. The molecule has 0 amide bonds. The van der Waals surface area contributed by atoms with Crippen molar-refractivity contribution >= 4 is 17.0 Å². The fraction of sp³-hybridized carbons (Fsp3) is 0.647. The van der Waals surface area contributed by atoms with E-state index in [0.717, 1.165) is 24.6 Å². The first-order valence-electron chi connectivity index (χ1n) is 9.13. The van der Waals surface area contributed by atoms with Gasteiger partial charge in [-0.25, -0.2) is 15.0 Å². The minimum atomic E-state index is -0.343. The van der Waals surface area contributed by atoms with Gasteiger partial charge in [0.1, 0.15) is 18.2 Å². The van der Waals surface area contributed by atoms with Crippen molar-refractivity contribution < 1.29 is 5.11 Å². The van der Waals surface area contributed by atoms with E-state index >= 15 is 0 Å². The van der Waals surface area contributed by atoms with E-state index in [1.165, 1.54) is 0 Å². The van der Waals surface area contributed by atoms with Crippen LogP contribution in [0.4, 0.5) is 5.82 Å². The standard InChI is InChI=1S/C17H25N9O/c1-10-18-12(24(5)21-10)9-26-22-13-14(23-26)19-16(17(2,3)4)20-15(13)25-7-6-11(27)8-25/h11,27H,6-9H2,1-5H3. The van der Waals surface area contributed by atoms with E-state index in [2.05, 4.69) is 50.9 Å². The number of aliphatic hydroxyl groups is 1. The molecule has 0 spiro atoms. The smallest absolute Gasteiger partial charge is 0.207 e. The van der Waals surface area contributed by atoms with Crippen LogP contribution in [0.15, 0.2) is 0 Å². The number of anilines is 1. The van der Waals surface area contributed by atoms with Gasteiger partial charge in [-0.3, -0.25) is 4.68 Å². The molecule has 4 heterocycles. The third-order valence-corrected chi connectivity index (χ3v) is 4.65. The molecule has 0 saturated carbocycles. The van der Waals surface area contributed by atoms with Crippen LogP contribution in [0.5, 0.6) is 0 Å². The number of aryl methyl sites for hydroxylation is 2. The first-order chi connectivity index (χ1) is 12.7. The maximum absolute atomic E-state index is 9.95. The summed E-state index contributed by atoms with van der Waals surface area (Å²) in [7, 11) is 1.85. The number of aromatic nitrogens is 8. The van der Waals surface area contributed by atoms with Crippen molar-refractivity contribution in [3.63, 3.8) is 0 Å². The Hall–Kier alpha value is -2.62. The number of fused-ring (bicyclic) bond motifs is 1. The van der Waals surface area contributed by atoms with Crippen molar-refractivity contribution in [2.24, 2.45) is 7.05 Å². The van der Waals surface area contributed by atoms with Gasteiger partial charge in [0.25, 0.3) is 0 Å². The average molecular weight is 371 g/mol. The number of hydrogen-bond acceptors (Lipinski definition) is 8. The second-order valence-corrected chi connectivity index (χ2v) is 8.11. The van der Waals surface area contributed by atoms with Crippen molar-refractivity contribution in [1.82, 2.24) is 39.7 Å². The summed E-state index contributed by atoms with van der Waals surface area (Å²) in [6, 6.07) is 0. The van der Waals surface area contributed by atoms with Crippen molar-refractivity contribution in [2.45, 2.75) is 52.2 Å². The Bertz CT molecular complexity index is 984. The van der Waals surface area contributed by atoms with E-state index in [1.807, 2.05) is 14.0 Å². The van der Waals surface area contributed by atoms with Gasteiger partial charge < -0.3 is 10.0 Å². The molecule has 1 saturated heterocycles. The molecule has 3 aromatic heterocycles. The molecule has 1 fully saturated rings. The maximum Gasteiger partial charge on any atom is 0.207 e. The minimum absolute atomic E-state index is 0.217. The molecular weight excluding hydrogens is 346 g/mol. The zero-order chi connectivity index (χ0) is 19.3. The summed E-state index contributed by atoms with van der Waals surface area (Å²) >= 11 is 0. The Morgan fingerprint density at radius 2 is 1.89 bits per heavy atom. The zero-order valence-corrected chi connectivity index (χ0v) is 16.4. The Morgan fingerprint density at radius 3 is 2.48 bits per heavy atom. The minimum Gasteiger partial charge on any atom is -0.391 e. The lowest BCUT2D eigenvalue weighted by atomic mass is 9.96. The van der Waals surface area contributed by atoms with Gasteiger partial charge in [0.2, 0.25) is 5.65 Å². The van der Waals surface area contributed by atoms with E-state index in [0.29, 0.717) is 35.9 Å². The van der Waals surface area contributed by atoms with Crippen LogP contribution < -0.4 is 4.90 Å². The lowest BCUT2D eigenvalue weighted by Crippen LogP contribution is -2.25. The summed E-state index contributed by atoms with van der Waals surface area (Å²) < 4.78 is 1.73. The zero-order valence-electron chi connectivity index (χ0n) is 16.4. The summed E-state index contributed by atoms with van der Waals surface area (Å²) in [6.45, 7) is 9.77. The van der Waals surface area contributed by atoms with Gasteiger partial charge in [0, 0.05) is 25.6 Å². The van der Waals surface area contributed by atoms with Crippen LogP contribution in [0.1, 0.15) is 44.7 Å². The van der Waals surface area contributed by atoms with Gasteiger partial charge in [-0.05, 0) is 13.3 Å².